The number of carbonyl (C=O) groups excluding carboxylic acids is 2. The van der Waals surface area contributed by atoms with Gasteiger partial charge < -0.3 is 4.57 Å². The quantitative estimate of drug-likeness (QED) is 0.561. The van der Waals surface area contributed by atoms with Gasteiger partial charge in [-0.15, -0.1) is 0 Å². The minimum absolute atomic E-state index is 0.00704. The summed E-state index contributed by atoms with van der Waals surface area (Å²) >= 11 is 0. The Labute approximate surface area is 84.9 Å². The number of nitrogens with zero attached hydrogens (tertiary/aromatic N) is 2. The fourth-order valence-electron chi connectivity index (χ4n) is 1.01. The maximum atomic E-state index is 12.5. The van der Waals surface area contributed by atoms with Crippen molar-refractivity contribution in [1.82, 2.24) is 9.55 Å². The number of halogens is 2. The molecule has 0 aromatic carbocycles. The summed E-state index contributed by atoms with van der Waals surface area (Å²) in [7, 11) is 1.55. The Morgan fingerprint density at radius 3 is 2.53 bits per heavy atom. The Kier molecular flexibility index (Phi) is 2.97. The van der Waals surface area contributed by atoms with Crippen molar-refractivity contribution in [3.05, 3.63) is 18.2 Å². The van der Waals surface area contributed by atoms with Crippen molar-refractivity contribution < 1.29 is 18.4 Å². The molecule has 0 aliphatic heterocycles. The summed E-state index contributed by atoms with van der Waals surface area (Å²) in [5.41, 5.74) is 0. The maximum Gasteiger partial charge on any atom is 0.303 e. The van der Waals surface area contributed by atoms with Gasteiger partial charge in [-0.25, -0.2) is 4.98 Å². The number of imidazole rings is 1. The van der Waals surface area contributed by atoms with Crippen molar-refractivity contribution in [3.63, 3.8) is 0 Å². The van der Waals surface area contributed by atoms with Gasteiger partial charge in [-0.3, -0.25) is 9.59 Å². The Hall–Kier alpha value is -1.59. The SMILES string of the molecule is Cn1ccnc1C(=O)CC(=O)C(C)(F)F. The third kappa shape index (κ3) is 2.68. The molecule has 0 saturated carbocycles. The van der Waals surface area contributed by atoms with Gasteiger partial charge in [-0.2, -0.15) is 8.78 Å². The van der Waals surface area contributed by atoms with Crippen molar-refractivity contribution in [2.24, 2.45) is 7.05 Å². The highest BCUT2D eigenvalue weighted by molar-refractivity contribution is 6.08. The molecule has 0 bridgehead atoms. The van der Waals surface area contributed by atoms with Gasteiger partial charge in [0.15, 0.2) is 5.82 Å². The molecule has 0 spiro atoms. The second-order valence-electron chi connectivity index (χ2n) is 3.27. The topological polar surface area (TPSA) is 52.0 Å². The van der Waals surface area contributed by atoms with E-state index in [2.05, 4.69) is 4.98 Å². The number of carbonyl (C=O) groups is 2. The van der Waals surface area contributed by atoms with E-state index in [1.165, 1.54) is 17.0 Å². The van der Waals surface area contributed by atoms with Crippen molar-refractivity contribution in [1.29, 1.82) is 0 Å². The van der Waals surface area contributed by atoms with Gasteiger partial charge in [0, 0.05) is 26.4 Å². The van der Waals surface area contributed by atoms with E-state index in [4.69, 9.17) is 0 Å². The molecule has 1 aromatic rings. The normalized spacial score (nSPS) is 11.5. The predicted octanol–water partition coefficient (Wildman–Crippen LogP) is 1.22. The van der Waals surface area contributed by atoms with E-state index < -0.39 is 23.9 Å². The number of hydrogen-bond donors (Lipinski definition) is 0. The summed E-state index contributed by atoms with van der Waals surface area (Å²) in [6.07, 6.45) is 2.04. The Balaban J connectivity index is 2.74. The Morgan fingerprint density at radius 1 is 1.53 bits per heavy atom. The van der Waals surface area contributed by atoms with E-state index in [1.54, 1.807) is 7.05 Å². The first-order chi connectivity index (χ1) is 6.82. The van der Waals surface area contributed by atoms with Crippen LogP contribution in [-0.4, -0.2) is 27.0 Å². The predicted molar refractivity (Wildman–Crippen MR) is 47.8 cm³/mol. The molecular formula is C9H10F2N2O2. The molecule has 6 heteroatoms. The number of rotatable bonds is 4. The number of aromatic nitrogens is 2. The van der Waals surface area contributed by atoms with Gasteiger partial charge in [0.2, 0.25) is 11.6 Å². The van der Waals surface area contributed by atoms with Crippen LogP contribution in [0.5, 0.6) is 0 Å². The van der Waals surface area contributed by atoms with Crippen molar-refractivity contribution >= 4 is 11.6 Å². The molecule has 0 unspecified atom stereocenters. The molecule has 1 aromatic heterocycles. The fraction of sp³-hybridized carbons (Fsp3) is 0.444. The fourth-order valence-corrected chi connectivity index (χ4v) is 1.01. The summed E-state index contributed by atoms with van der Waals surface area (Å²) in [5.74, 6) is -5.56. The summed E-state index contributed by atoms with van der Waals surface area (Å²) < 4.78 is 26.4. The molecule has 0 aliphatic carbocycles. The molecule has 0 radical (unpaired) electrons. The Morgan fingerprint density at radius 2 is 2.13 bits per heavy atom. The van der Waals surface area contributed by atoms with Crippen LogP contribution in [0.3, 0.4) is 0 Å². The number of aryl methyl sites for hydroxylation is 1. The van der Waals surface area contributed by atoms with Gasteiger partial charge in [0.05, 0.1) is 6.42 Å². The second kappa shape index (κ2) is 3.88. The number of ketones is 2. The van der Waals surface area contributed by atoms with E-state index in [1.807, 2.05) is 0 Å². The molecule has 0 saturated heterocycles. The smallest absolute Gasteiger partial charge is 0.303 e. The zero-order valence-electron chi connectivity index (χ0n) is 8.33. The van der Waals surface area contributed by atoms with Crippen LogP contribution in [0.2, 0.25) is 0 Å². The second-order valence-corrected chi connectivity index (χ2v) is 3.27. The third-order valence-corrected chi connectivity index (χ3v) is 1.88. The monoisotopic (exact) mass is 216 g/mol. The minimum atomic E-state index is -3.47. The van der Waals surface area contributed by atoms with E-state index in [0.717, 1.165) is 0 Å². The lowest BCUT2D eigenvalue weighted by Crippen LogP contribution is -2.27. The molecule has 0 N–H and O–H groups in total. The lowest BCUT2D eigenvalue weighted by molar-refractivity contribution is -0.139. The maximum absolute atomic E-state index is 12.5. The first kappa shape index (κ1) is 11.5. The molecule has 0 fully saturated rings. The number of hydrogen-bond acceptors (Lipinski definition) is 3. The van der Waals surface area contributed by atoms with Crippen molar-refractivity contribution in [2.75, 3.05) is 0 Å². The highest BCUT2D eigenvalue weighted by atomic mass is 19.3. The molecule has 0 amide bonds. The lowest BCUT2D eigenvalue weighted by atomic mass is 10.1. The van der Waals surface area contributed by atoms with Gasteiger partial charge in [-0.05, 0) is 0 Å². The average molecular weight is 216 g/mol. The summed E-state index contributed by atoms with van der Waals surface area (Å²) in [6, 6.07) is 0. The highest BCUT2D eigenvalue weighted by Gasteiger charge is 2.34. The van der Waals surface area contributed by atoms with Crippen LogP contribution in [0.4, 0.5) is 8.78 Å². The van der Waals surface area contributed by atoms with Crippen LogP contribution in [0.15, 0.2) is 12.4 Å². The minimum Gasteiger partial charge on any atom is -0.332 e. The zero-order chi connectivity index (χ0) is 11.6. The molecule has 1 rings (SSSR count). The third-order valence-electron chi connectivity index (χ3n) is 1.88. The van der Waals surface area contributed by atoms with E-state index >= 15 is 0 Å². The van der Waals surface area contributed by atoms with Crippen LogP contribution in [0, 0.1) is 0 Å². The van der Waals surface area contributed by atoms with E-state index in [-0.39, 0.29) is 5.82 Å². The molecule has 82 valence electrons. The molecule has 4 nitrogen and oxygen atoms in total. The number of Topliss-reactive ketones (excluding diaryl/α,β-unsaturated/α-hetero) is 2. The van der Waals surface area contributed by atoms with Gasteiger partial charge in [0.1, 0.15) is 0 Å². The molecule has 1 heterocycles. The van der Waals surface area contributed by atoms with Crippen LogP contribution in [0.25, 0.3) is 0 Å². The first-order valence-corrected chi connectivity index (χ1v) is 4.24. The van der Waals surface area contributed by atoms with Crippen LogP contribution in [0.1, 0.15) is 24.0 Å². The standard InChI is InChI=1S/C9H10F2N2O2/c1-9(10,11)7(15)5-6(14)8-12-3-4-13(8)2/h3-4H,5H2,1-2H3. The van der Waals surface area contributed by atoms with Gasteiger partial charge >= 0.3 is 5.92 Å². The van der Waals surface area contributed by atoms with Crippen LogP contribution in [-0.2, 0) is 11.8 Å². The molecular weight excluding hydrogens is 206 g/mol. The number of alkyl halides is 2. The molecule has 15 heavy (non-hydrogen) atoms. The van der Waals surface area contributed by atoms with E-state index in [9.17, 15) is 18.4 Å². The van der Waals surface area contributed by atoms with Gasteiger partial charge in [-0.1, -0.05) is 0 Å². The van der Waals surface area contributed by atoms with Gasteiger partial charge in [0.25, 0.3) is 0 Å². The molecule has 0 aliphatic rings. The van der Waals surface area contributed by atoms with E-state index in [0.29, 0.717) is 6.92 Å². The largest absolute Gasteiger partial charge is 0.332 e. The lowest BCUT2D eigenvalue weighted by Gasteiger charge is -2.07. The average Bonchev–Trinajstić information content (AvgIpc) is 2.49. The molecule has 0 atom stereocenters. The van der Waals surface area contributed by atoms with Crippen LogP contribution >= 0.6 is 0 Å². The Bertz CT molecular complexity index is 393. The first-order valence-electron chi connectivity index (χ1n) is 4.24. The zero-order valence-corrected chi connectivity index (χ0v) is 8.33. The summed E-state index contributed by atoms with van der Waals surface area (Å²) in [6.45, 7) is 0.473. The highest BCUT2D eigenvalue weighted by Crippen LogP contribution is 2.16. The van der Waals surface area contributed by atoms with Crippen molar-refractivity contribution in [2.45, 2.75) is 19.3 Å². The summed E-state index contributed by atoms with van der Waals surface area (Å²) in [4.78, 5) is 25.9. The summed E-state index contributed by atoms with van der Waals surface area (Å²) in [5, 5.41) is 0. The van der Waals surface area contributed by atoms with Crippen LogP contribution < -0.4 is 0 Å². The van der Waals surface area contributed by atoms with Crippen molar-refractivity contribution in [3.8, 4) is 0 Å².